The second-order valence-corrected chi connectivity index (χ2v) is 8.00. The minimum Gasteiger partial charge on any atom is -0.467 e. The van der Waals surface area contributed by atoms with Crippen LogP contribution in [0.3, 0.4) is 0 Å². The number of halogens is 1. The Morgan fingerprint density at radius 2 is 1.66 bits per heavy atom. The van der Waals surface area contributed by atoms with Crippen molar-refractivity contribution in [2.75, 3.05) is 26.2 Å². The quantitative estimate of drug-likeness (QED) is 0.446. The van der Waals surface area contributed by atoms with Gasteiger partial charge in [-0.25, -0.2) is 9.07 Å². The van der Waals surface area contributed by atoms with Gasteiger partial charge < -0.3 is 4.42 Å². The van der Waals surface area contributed by atoms with Crippen LogP contribution in [0.1, 0.15) is 28.8 Å². The van der Waals surface area contributed by atoms with Gasteiger partial charge in [0.25, 0.3) is 0 Å². The molecule has 5 rings (SSSR count). The lowest BCUT2D eigenvalue weighted by atomic mass is 10.0. The third-order valence-corrected chi connectivity index (χ3v) is 5.91. The maximum atomic E-state index is 14.9. The van der Waals surface area contributed by atoms with E-state index in [1.54, 1.807) is 17.0 Å². The van der Waals surface area contributed by atoms with E-state index < -0.39 is 0 Å². The zero-order valence-electron chi connectivity index (χ0n) is 17.7. The van der Waals surface area contributed by atoms with Crippen molar-refractivity contribution >= 4 is 0 Å². The van der Waals surface area contributed by atoms with Crippen LogP contribution >= 0.6 is 0 Å². The summed E-state index contributed by atoms with van der Waals surface area (Å²) in [6.07, 6.45) is 1.62. The molecule has 2 aromatic heterocycles. The standard InChI is InChI=1S/C24H25FN6O/c25-22-11-5-4-10-21(22)23(24-26-27-28-31(24)18-20-9-6-16-32-20)30-14-12-29(13-15-30)17-19-7-2-1-3-8-19/h1-11,16,23H,12-15,17-18H2/t23-/m0/s1. The molecule has 164 valence electrons. The molecular formula is C24H25FN6O. The monoisotopic (exact) mass is 432 g/mol. The Hall–Kier alpha value is -3.36. The number of hydrogen-bond acceptors (Lipinski definition) is 6. The van der Waals surface area contributed by atoms with Gasteiger partial charge >= 0.3 is 0 Å². The molecule has 1 saturated heterocycles. The highest BCUT2D eigenvalue weighted by Gasteiger charge is 2.32. The van der Waals surface area contributed by atoms with Crippen LogP contribution in [-0.2, 0) is 13.1 Å². The molecule has 0 unspecified atom stereocenters. The largest absolute Gasteiger partial charge is 0.467 e. The van der Waals surface area contributed by atoms with Gasteiger partial charge in [0.15, 0.2) is 5.82 Å². The van der Waals surface area contributed by atoms with Gasteiger partial charge in [0.1, 0.15) is 24.2 Å². The molecule has 0 N–H and O–H groups in total. The Morgan fingerprint density at radius 3 is 2.41 bits per heavy atom. The number of tetrazole rings is 1. The van der Waals surface area contributed by atoms with E-state index in [1.165, 1.54) is 11.6 Å². The fourth-order valence-electron chi connectivity index (χ4n) is 4.29. The van der Waals surface area contributed by atoms with E-state index in [9.17, 15) is 4.39 Å². The van der Waals surface area contributed by atoms with Crippen LogP contribution in [0.15, 0.2) is 77.4 Å². The van der Waals surface area contributed by atoms with Gasteiger partial charge in [0.05, 0.1) is 6.26 Å². The Bertz CT molecular complexity index is 1120. The number of piperazine rings is 1. The molecule has 4 aromatic rings. The van der Waals surface area contributed by atoms with Gasteiger partial charge in [-0.15, -0.1) is 5.10 Å². The van der Waals surface area contributed by atoms with E-state index in [1.807, 2.05) is 30.3 Å². The molecule has 1 fully saturated rings. The summed E-state index contributed by atoms with van der Waals surface area (Å²) in [5.74, 6) is 1.11. The molecule has 1 aliphatic rings. The zero-order valence-corrected chi connectivity index (χ0v) is 17.7. The fourth-order valence-corrected chi connectivity index (χ4v) is 4.29. The molecule has 0 amide bonds. The molecule has 2 aromatic carbocycles. The maximum absolute atomic E-state index is 14.9. The van der Waals surface area contributed by atoms with Crippen molar-refractivity contribution in [3.05, 3.63) is 102 Å². The van der Waals surface area contributed by atoms with Crippen molar-refractivity contribution in [3.8, 4) is 0 Å². The summed E-state index contributed by atoms with van der Waals surface area (Å²) in [6, 6.07) is 20.7. The Kier molecular flexibility index (Phi) is 6.04. The third-order valence-electron chi connectivity index (χ3n) is 5.91. The molecule has 1 atom stereocenters. The van der Waals surface area contributed by atoms with Crippen molar-refractivity contribution in [2.45, 2.75) is 19.1 Å². The first-order valence-electron chi connectivity index (χ1n) is 10.8. The second-order valence-electron chi connectivity index (χ2n) is 8.00. The summed E-state index contributed by atoms with van der Waals surface area (Å²) in [5.41, 5.74) is 1.88. The molecule has 0 bridgehead atoms. The van der Waals surface area contributed by atoms with Gasteiger partial charge in [-0.1, -0.05) is 48.5 Å². The Labute approximate surface area is 186 Å². The number of furan rings is 1. The maximum Gasteiger partial charge on any atom is 0.173 e. The first-order valence-corrected chi connectivity index (χ1v) is 10.8. The minimum absolute atomic E-state index is 0.253. The summed E-state index contributed by atoms with van der Waals surface area (Å²) in [4.78, 5) is 4.69. The summed E-state index contributed by atoms with van der Waals surface area (Å²) in [6.45, 7) is 4.67. The lowest BCUT2D eigenvalue weighted by Gasteiger charge is -2.39. The molecule has 1 aliphatic heterocycles. The Balaban J connectivity index is 1.39. The summed E-state index contributed by atoms with van der Waals surface area (Å²) in [5, 5.41) is 12.4. The molecule has 0 aliphatic carbocycles. The van der Waals surface area contributed by atoms with Crippen LogP contribution in [-0.4, -0.2) is 56.2 Å². The molecule has 0 saturated carbocycles. The fraction of sp³-hybridized carbons (Fsp3) is 0.292. The number of aromatic nitrogens is 4. The minimum atomic E-state index is -0.375. The topological polar surface area (TPSA) is 63.2 Å². The predicted octanol–water partition coefficient (Wildman–Crippen LogP) is 3.36. The van der Waals surface area contributed by atoms with Crippen LogP contribution < -0.4 is 0 Å². The Morgan fingerprint density at radius 1 is 0.875 bits per heavy atom. The normalized spacial score (nSPS) is 16.3. The van der Waals surface area contributed by atoms with Crippen LogP contribution in [0.4, 0.5) is 4.39 Å². The van der Waals surface area contributed by atoms with Crippen molar-refractivity contribution in [2.24, 2.45) is 0 Å². The van der Waals surface area contributed by atoms with Crippen molar-refractivity contribution in [1.29, 1.82) is 0 Å². The van der Waals surface area contributed by atoms with E-state index in [0.717, 1.165) is 38.5 Å². The van der Waals surface area contributed by atoms with Gasteiger partial charge in [-0.3, -0.25) is 9.80 Å². The third kappa shape index (κ3) is 4.46. The van der Waals surface area contributed by atoms with Crippen LogP contribution in [0, 0.1) is 5.82 Å². The van der Waals surface area contributed by atoms with E-state index in [-0.39, 0.29) is 11.9 Å². The number of nitrogens with zero attached hydrogens (tertiary/aromatic N) is 6. The number of hydrogen-bond donors (Lipinski definition) is 0. The second kappa shape index (κ2) is 9.42. The summed E-state index contributed by atoms with van der Waals surface area (Å²) < 4.78 is 22.1. The molecule has 8 heteroatoms. The number of rotatable bonds is 7. The number of benzene rings is 2. The van der Waals surface area contributed by atoms with Gasteiger partial charge in [-0.05, 0) is 34.2 Å². The molecule has 7 nitrogen and oxygen atoms in total. The smallest absolute Gasteiger partial charge is 0.173 e. The zero-order chi connectivity index (χ0) is 21.8. The lowest BCUT2D eigenvalue weighted by Crippen LogP contribution is -2.48. The average Bonchev–Trinajstić information content (AvgIpc) is 3.50. The molecule has 32 heavy (non-hydrogen) atoms. The van der Waals surface area contributed by atoms with Gasteiger partial charge in [-0.2, -0.15) is 0 Å². The van der Waals surface area contributed by atoms with E-state index in [2.05, 4.69) is 49.6 Å². The average molecular weight is 433 g/mol. The highest BCUT2D eigenvalue weighted by Crippen LogP contribution is 2.30. The van der Waals surface area contributed by atoms with Crippen molar-refractivity contribution < 1.29 is 8.81 Å². The van der Waals surface area contributed by atoms with Gasteiger partial charge in [0, 0.05) is 38.3 Å². The SMILES string of the molecule is Fc1ccccc1[C@@H](c1nnnn1Cc1ccco1)N1CCN(Cc2ccccc2)CC1. The lowest BCUT2D eigenvalue weighted by molar-refractivity contribution is 0.0989. The van der Waals surface area contributed by atoms with E-state index in [0.29, 0.717) is 17.9 Å². The van der Waals surface area contributed by atoms with Gasteiger partial charge in [0.2, 0.25) is 0 Å². The molecule has 3 heterocycles. The molecule has 0 radical (unpaired) electrons. The molecular weight excluding hydrogens is 407 g/mol. The van der Waals surface area contributed by atoms with Crippen molar-refractivity contribution in [1.82, 2.24) is 30.0 Å². The first-order chi connectivity index (χ1) is 15.8. The van der Waals surface area contributed by atoms with Crippen molar-refractivity contribution in [3.63, 3.8) is 0 Å². The van der Waals surface area contributed by atoms with E-state index in [4.69, 9.17) is 4.42 Å². The van der Waals surface area contributed by atoms with E-state index >= 15 is 0 Å². The highest BCUT2D eigenvalue weighted by atomic mass is 19.1. The highest BCUT2D eigenvalue weighted by molar-refractivity contribution is 5.27. The summed E-state index contributed by atoms with van der Waals surface area (Å²) >= 11 is 0. The van der Waals surface area contributed by atoms with Crippen LogP contribution in [0.25, 0.3) is 0 Å². The van der Waals surface area contributed by atoms with Crippen LogP contribution in [0.5, 0.6) is 0 Å². The summed E-state index contributed by atoms with van der Waals surface area (Å²) in [7, 11) is 0. The first kappa shape index (κ1) is 20.5. The predicted molar refractivity (Wildman–Crippen MR) is 117 cm³/mol. The van der Waals surface area contributed by atoms with Crippen LogP contribution in [0.2, 0.25) is 0 Å². The molecule has 0 spiro atoms.